The molecule has 1 atom stereocenters. The largest absolute Gasteiger partial charge is 0.325 e. The van der Waals surface area contributed by atoms with Crippen molar-refractivity contribution in [3.63, 3.8) is 0 Å². The van der Waals surface area contributed by atoms with E-state index in [1.165, 1.54) is 5.56 Å². The second-order valence-electron chi connectivity index (χ2n) is 3.89. The molecule has 1 fully saturated rings. The van der Waals surface area contributed by atoms with E-state index in [4.69, 9.17) is 0 Å². The second kappa shape index (κ2) is 7.94. The fraction of sp³-hybridized carbons (Fsp3) is 0.417. The molecule has 0 bridgehead atoms. The Bertz CT molecular complexity index is 397. The monoisotopic (exact) mass is 304 g/mol. The molecule has 1 aliphatic rings. The van der Waals surface area contributed by atoms with Gasteiger partial charge in [-0.05, 0) is 24.0 Å². The maximum Gasteiger partial charge on any atom is 0.242 e. The van der Waals surface area contributed by atoms with Crippen LogP contribution in [-0.4, -0.2) is 29.8 Å². The summed E-state index contributed by atoms with van der Waals surface area (Å²) >= 11 is 3.54. The molecule has 0 radical (unpaired) electrons. The van der Waals surface area contributed by atoms with E-state index in [1.807, 2.05) is 18.2 Å². The zero-order valence-electron chi connectivity index (χ0n) is 10.1. The summed E-state index contributed by atoms with van der Waals surface area (Å²) in [6.07, 6.45) is 2.07. The lowest BCUT2D eigenvalue weighted by atomic mass is 10.2. The highest BCUT2D eigenvalue weighted by Gasteiger charge is 2.22. The van der Waals surface area contributed by atoms with Crippen LogP contribution in [0.15, 0.2) is 24.3 Å². The number of carbonyl (C=O) groups is 1. The predicted molar refractivity (Wildman–Crippen MR) is 83.8 cm³/mol. The molecule has 1 saturated heterocycles. The molecule has 100 valence electrons. The second-order valence-corrected chi connectivity index (χ2v) is 5.79. The van der Waals surface area contributed by atoms with E-state index in [2.05, 4.69) is 23.0 Å². The number of amides is 1. The summed E-state index contributed by atoms with van der Waals surface area (Å²) in [7, 11) is 0. The Morgan fingerprint density at radius 1 is 1.61 bits per heavy atom. The normalized spacial score (nSPS) is 18.2. The molecule has 0 spiro atoms. The lowest BCUT2D eigenvalue weighted by Crippen LogP contribution is -2.37. The number of nitrogens with one attached hydrogen (secondary N) is 2. The van der Waals surface area contributed by atoms with Gasteiger partial charge >= 0.3 is 0 Å². The molecule has 1 aliphatic heterocycles. The van der Waals surface area contributed by atoms with Crippen LogP contribution in [0.2, 0.25) is 0 Å². The van der Waals surface area contributed by atoms with Crippen molar-refractivity contribution in [3.05, 3.63) is 29.8 Å². The molecule has 6 heteroatoms. The molecule has 0 saturated carbocycles. The van der Waals surface area contributed by atoms with Crippen LogP contribution >= 0.6 is 35.9 Å². The molecule has 0 aliphatic carbocycles. The van der Waals surface area contributed by atoms with Crippen molar-refractivity contribution in [2.24, 2.45) is 0 Å². The Balaban J connectivity index is 0.00000162. The zero-order valence-corrected chi connectivity index (χ0v) is 12.6. The highest BCUT2D eigenvalue weighted by atomic mass is 35.5. The first kappa shape index (κ1) is 15.7. The van der Waals surface area contributed by atoms with Crippen molar-refractivity contribution in [1.29, 1.82) is 0 Å². The Morgan fingerprint density at radius 2 is 2.44 bits per heavy atom. The minimum Gasteiger partial charge on any atom is -0.325 e. The summed E-state index contributed by atoms with van der Waals surface area (Å²) in [6, 6.07) is 7.98. The highest BCUT2D eigenvalue weighted by Crippen LogP contribution is 2.16. The van der Waals surface area contributed by atoms with Gasteiger partial charge in [-0.3, -0.25) is 10.1 Å². The average Bonchev–Trinajstić information content (AvgIpc) is 2.83. The molecule has 3 nitrogen and oxygen atoms in total. The van der Waals surface area contributed by atoms with E-state index in [9.17, 15) is 4.79 Å². The number of carbonyl (C=O) groups excluding carboxylic acids is 1. The van der Waals surface area contributed by atoms with E-state index >= 15 is 0 Å². The van der Waals surface area contributed by atoms with Gasteiger partial charge in [0.25, 0.3) is 0 Å². The van der Waals surface area contributed by atoms with Gasteiger partial charge in [0.2, 0.25) is 5.91 Å². The number of rotatable bonds is 4. The van der Waals surface area contributed by atoms with Gasteiger partial charge in [0.1, 0.15) is 0 Å². The Morgan fingerprint density at radius 3 is 3.11 bits per heavy atom. The number of hydrogen-bond donors (Lipinski definition) is 2. The molecule has 1 heterocycles. The molecular weight excluding hydrogens is 288 g/mol. The van der Waals surface area contributed by atoms with E-state index < -0.39 is 0 Å². The lowest BCUT2D eigenvalue weighted by Gasteiger charge is -2.11. The summed E-state index contributed by atoms with van der Waals surface area (Å²) in [6.45, 7) is 0. The van der Waals surface area contributed by atoms with Crippen LogP contribution in [-0.2, 0) is 10.5 Å². The minimum atomic E-state index is -0.0517. The molecule has 0 aromatic heterocycles. The molecule has 1 aromatic carbocycles. The predicted octanol–water partition coefficient (Wildman–Crippen LogP) is 2.57. The number of benzene rings is 1. The first-order chi connectivity index (χ1) is 8.29. The number of halogens is 1. The van der Waals surface area contributed by atoms with E-state index in [0.717, 1.165) is 23.1 Å². The average molecular weight is 305 g/mol. The number of anilines is 1. The molecule has 2 N–H and O–H groups in total. The summed E-state index contributed by atoms with van der Waals surface area (Å²) in [4.78, 5) is 11.9. The molecular formula is C12H17ClN2OS2. The summed E-state index contributed by atoms with van der Waals surface area (Å²) < 4.78 is 0. The van der Waals surface area contributed by atoms with E-state index in [1.54, 1.807) is 23.5 Å². The van der Waals surface area contributed by atoms with Gasteiger partial charge < -0.3 is 5.32 Å². The first-order valence-corrected chi connectivity index (χ1v) is 8.04. The van der Waals surface area contributed by atoms with Gasteiger partial charge in [-0.25, -0.2) is 0 Å². The van der Waals surface area contributed by atoms with Crippen LogP contribution in [0.1, 0.15) is 5.56 Å². The fourth-order valence-electron chi connectivity index (χ4n) is 1.70. The van der Waals surface area contributed by atoms with Crippen LogP contribution in [0.3, 0.4) is 0 Å². The van der Waals surface area contributed by atoms with Gasteiger partial charge in [0, 0.05) is 23.1 Å². The van der Waals surface area contributed by atoms with Gasteiger partial charge in [-0.2, -0.15) is 11.8 Å². The Labute approximate surface area is 122 Å². The van der Waals surface area contributed by atoms with Crippen molar-refractivity contribution in [1.82, 2.24) is 5.32 Å². The van der Waals surface area contributed by atoms with Crippen LogP contribution < -0.4 is 10.6 Å². The van der Waals surface area contributed by atoms with Gasteiger partial charge in [-0.1, -0.05) is 12.1 Å². The third kappa shape index (κ3) is 4.39. The maximum atomic E-state index is 11.9. The van der Waals surface area contributed by atoms with E-state index in [0.29, 0.717) is 0 Å². The smallest absolute Gasteiger partial charge is 0.242 e. The molecule has 2 rings (SSSR count). The fourth-order valence-corrected chi connectivity index (χ4v) is 3.15. The maximum absolute atomic E-state index is 11.9. The number of hydrogen-bond acceptors (Lipinski definition) is 4. The molecule has 0 unspecified atom stereocenters. The van der Waals surface area contributed by atoms with Crippen molar-refractivity contribution in [2.45, 2.75) is 11.8 Å². The first-order valence-electron chi connectivity index (χ1n) is 5.49. The minimum absolute atomic E-state index is 0. The van der Waals surface area contributed by atoms with E-state index in [-0.39, 0.29) is 24.4 Å². The zero-order chi connectivity index (χ0) is 12.1. The van der Waals surface area contributed by atoms with Crippen molar-refractivity contribution >= 4 is 47.5 Å². The molecule has 1 amide bonds. The molecule has 18 heavy (non-hydrogen) atoms. The highest BCUT2D eigenvalue weighted by molar-refractivity contribution is 7.99. The number of thioether (sulfide) groups is 2. The van der Waals surface area contributed by atoms with Crippen LogP contribution in [0.5, 0.6) is 0 Å². The third-order valence-electron chi connectivity index (χ3n) is 2.54. The Hall–Kier alpha value is -0.360. The standard InChI is InChI=1S/C12H16N2OS2.ClH/c1-16-6-9-3-2-4-10(5-9)14-12(15)11-7-17-8-13-11;/h2-5,11,13H,6-8H2,1H3,(H,14,15);1H/t11-;/m1./s1. The Kier molecular flexibility index (Phi) is 6.92. The summed E-state index contributed by atoms with van der Waals surface area (Å²) in [5.74, 6) is 2.76. The van der Waals surface area contributed by atoms with Crippen molar-refractivity contribution < 1.29 is 4.79 Å². The third-order valence-corrected chi connectivity index (χ3v) is 4.10. The van der Waals surface area contributed by atoms with Gasteiger partial charge in [-0.15, -0.1) is 24.2 Å². The van der Waals surface area contributed by atoms with Gasteiger partial charge in [0.05, 0.1) is 6.04 Å². The van der Waals surface area contributed by atoms with Crippen LogP contribution in [0.4, 0.5) is 5.69 Å². The topological polar surface area (TPSA) is 41.1 Å². The molecule has 1 aromatic rings. The van der Waals surface area contributed by atoms with Crippen molar-refractivity contribution in [2.75, 3.05) is 23.2 Å². The van der Waals surface area contributed by atoms with Crippen molar-refractivity contribution in [3.8, 4) is 0 Å². The van der Waals surface area contributed by atoms with Crippen LogP contribution in [0, 0.1) is 0 Å². The van der Waals surface area contributed by atoms with Crippen LogP contribution in [0.25, 0.3) is 0 Å². The quantitative estimate of drug-likeness (QED) is 0.897. The summed E-state index contributed by atoms with van der Waals surface area (Å²) in [5.41, 5.74) is 2.13. The SMILES string of the molecule is CSCc1cccc(NC(=O)[C@H]2CSCN2)c1.Cl. The van der Waals surface area contributed by atoms with Gasteiger partial charge in [0.15, 0.2) is 0 Å². The lowest BCUT2D eigenvalue weighted by molar-refractivity contribution is -0.117. The summed E-state index contributed by atoms with van der Waals surface area (Å²) in [5, 5.41) is 6.12.